The average molecular weight is 463 g/mol. The Balaban J connectivity index is 1.55. The lowest BCUT2D eigenvalue weighted by Crippen LogP contribution is -2.49. The third kappa shape index (κ3) is 5.00. The van der Waals surface area contributed by atoms with E-state index in [9.17, 15) is 18.0 Å². The summed E-state index contributed by atoms with van der Waals surface area (Å²) in [5, 5.41) is 8.92. The van der Waals surface area contributed by atoms with Crippen LogP contribution in [0.4, 0.5) is 19.0 Å². The summed E-state index contributed by atoms with van der Waals surface area (Å²) in [5.74, 6) is 1.61. The Morgan fingerprint density at radius 2 is 1.90 bits per heavy atom. The molecule has 1 aliphatic heterocycles. The Bertz CT molecular complexity index is 912. The van der Waals surface area contributed by atoms with Crippen molar-refractivity contribution in [3.8, 4) is 0 Å². The van der Waals surface area contributed by atoms with Crippen LogP contribution in [0.25, 0.3) is 0 Å². The number of hydrogen-bond donors (Lipinski definition) is 0. The molecule has 0 bridgehead atoms. The van der Waals surface area contributed by atoms with Gasteiger partial charge in [0.05, 0.1) is 16.3 Å². The summed E-state index contributed by atoms with van der Waals surface area (Å²) in [4.78, 5) is 20.0. The van der Waals surface area contributed by atoms with Gasteiger partial charge in [0.25, 0.3) is 0 Å². The van der Waals surface area contributed by atoms with Crippen LogP contribution in [-0.2, 0) is 18.0 Å². The Hall–Kier alpha value is -2.01. The number of piperazine rings is 1. The van der Waals surface area contributed by atoms with Crippen LogP contribution in [0.1, 0.15) is 31.2 Å². The van der Waals surface area contributed by atoms with E-state index in [0.29, 0.717) is 37.2 Å². The van der Waals surface area contributed by atoms with E-state index in [1.54, 1.807) is 9.80 Å². The minimum Gasteiger partial charge on any atom is -0.352 e. The first-order valence-electron chi connectivity index (χ1n) is 9.35. The van der Waals surface area contributed by atoms with Crippen molar-refractivity contribution in [2.24, 2.45) is 7.05 Å². The SMILES string of the molecule is CC(C)c1nnc(SCC(=O)N2CCN(c3ncc(C(F)(F)F)cc3Cl)CC2)n1C. The summed E-state index contributed by atoms with van der Waals surface area (Å²) in [6.45, 7) is 5.82. The molecule has 2 aromatic rings. The van der Waals surface area contributed by atoms with Crippen molar-refractivity contribution < 1.29 is 18.0 Å². The van der Waals surface area contributed by atoms with Gasteiger partial charge in [0.2, 0.25) is 5.91 Å². The summed E-state index contributed by atoms with van der Waals surface area (Å²) in [6.07, 6.45) is -3.71. The van der Waals surface area contributed by atoms with Gasteiger partial charge < -0.3 is 14.4 Å². The van der Waals surface area contributed by atoms with Crippen LogP contribution in [0.2, 0.25) is 5.02 Å². The molecule has 1 aliphatic rings. The van der Waals surface area contributed by atoms with Crippen LogP contribution in [0.15, 0.2) is 17.4 Å². The van der Waals surface area contributed by atoms with Crippen LogP contribution in [-0.4, -0.2) is 62.5 Å². The number of carbonyl (C=O) groups excluding carboxylic acids is 1. The quantitative estimate of drug-likeness (QED) is 0.634. The number of pyridine rings is 1. The molecule has 0 spiro atoms. The third-order valence-corrected chi connectivity index (χ3v) is 6.07. The predicted molar refractivity (Wildman–Crippen MR) is 109 cm³/mol. The highest BCUT2D eigenvalue weighted by molar-refractivity contribution is 7.99. The van der Waals surface area contributed by atoms with Gasteiger partial charge in [-0.05, 0) is 6.07 Å². The van der Waals surface area contributed by atoms with Gasteiger partial charge >= 0.3 is 6.18 Å². The fourth-order valence-corrected chi connectivity index (χ4v) is 4.27. The Morgan fingerprint density at radius 1 is 1.23 bits per heavy atom. The summed E-state index contributed by atoms with van der Waals surface area (Å²) >= 11 is 7.36. The Labute approximate surface area is 181 Å². The van der Waals surface area contributed by atoms with Gasteiger partial charge in [-0.3, -0.25) is 4.79 Å². The second kappa shape index (κ2) is 9.01. The molecular formula is C18H22ClF3N6OS. The number of aromatic nitrogens is 4. The first kappa shape index (κ1) is 22.7. The van der Waals surface area contributed by atoms with Crippen molar-refractivity contribution >= 4 is 35.1 Å². The molecule has 0 N–H and O–H groups in total. The number of thioether (sulfide) groups is 1. The van der Waals surface area contributed by atoms with E-state index in [1.165, 1.54) is 11.8 Å². The van der Waals surface area contributed by atoms with Crippen LogP contribution in [0.5, 0.6) is 0 Å². The molecule has 0 saturated carbocycles. The molecule has 0 radical (unpaired) electrons. The number of alkyl halides is 3. The molecule has 3 heterocycles. The molecule has 2 aromatic heterocycles. The zero-order chi connectivity index (χ0) is 22.1. The van der Waals surface area contributed by atoms with Gasteiger partial charge in [-0.2, -0.15) is 13.2 Å². The highest BCUT2D eigenvalue weighted by Gasteiger charge is 2.32. The fourth-order valence-electron chi connectivity index (χ4n) is 3.16. The summed E-state index contributed by atoms with van der Waals surface area (Å²) in [7, 11) is 1.88. The number of halogens is 4. The largest absolute Gasteiger partial charge is 0.417 e. The van der Waals surface area contributed by atoms with Crippen LogP contribution in [0.3, 0.4) is 0 Å². The molecule has 164 valence electrons. The lowest BCUT2D eigenvalue weighted by molar-refractivity contribution is -0.137. The predicted octanol–water partition coefficient (Wildman–Crippen LogP) is 3.45. The normalized spacial score (nSPS) is 15.2. The van der Waals surface area contributed by atoms with Crippen LogP contribution in [0, 0.1) is 0 Å². The van der Waals surface area contributed by atoms with E-state index in [-0.39, 0.29) is 22.6 Å². The lowest BCUT2D eigenvalue weighted by Gasteiger charge is -2.35. The first-order chi connectivity index (χ1) is 14.1. The zero-order valence-electron chi connectivity index (χ0n) is 16.8. The van der Waals surface area contributed by atoms with Crippen LogP contribution >= 0.6 is 23.4 Å². The maximum absolute atomic E-state index is 12.8. The zero-order valence-corrected chi connectivity index (χ0v) is 18.4. The molecular weight excluding hydrogens is 441 g/mol. The van der Waals surface area contributed by atoms with Crippen molar-refractivity contribution in [2.45, 2.75) is 31.1 Å². The first-order valence-corrected chi connectivity index (χ1v) is 10.7. The molecule has 0 unspecified atom stereocenters. The molecule has 0 aromatic carbocycles. The fraction of sp³-hybridized carbons (Fsp3) is 0.556. The standard InChI is InChI=1S/C18H22ClF3N6OS/c1-11(2)15-24-25-17(26(15)3)30-10-14(29)27-4-6-28(7-5-27)16-13(19)8-12(9-23-16)18(20,21)22/h8-9,11H,4-7,10H2,1-3H3. The third-order valence-electron chi connectivity index (χ3n) is 4.79. The molecule has 3 rings (SSSR count). The smallest absolute Gasteiger partial charge is 0.352 e. The number of hydrogen-bond acceptors (Lipinski definition) is 6. The van der Waals surface area contributed by atoms with E-state index < -0.39 is 11.7 Å². The van der Waals surface area contributed by atoms with E-state index >= 15 is 0 Å². The van der Waals surface area contributed by atoms with Crippen molar-refractivity contribution in [3.05, 3.63) is 28.7 Å². The van der Waals surface area contributed by atoms with Crippen molar-refractivity contribution in [2.75, 3.05) is 36.8 Å². The number of amides is 1. The monoisotopic (exact) mass is 462 g/mol. The van der Waals surface area contributed by atoms with Crippen molar-refractivity contribution in [3.63, 3.8) is 0 Å². The molecule has 12 heteroatoms. The van der Waals surface area contributed by atoms with E-state index in [0.717, 1.165) is 18.1 Å². The molecule has 30 heavy (non-hydrogen) atoms. The maximum Gasteiger partial charge on any atom is 0.417 e. The number of rotatable bonds is 5. The minimum absolute atomic E-state index is 0.0276. The van der Waals surface area contributed by atoms with E-state index in [4.69, 9.17) is 11.6 Å². The average Bonchev–Trinajstić information content (AvgIpc) is 3.06. The number of anilines is 1. The Morgan fingerprint density at radius 3 is 2.43 bits per heavy atom. The lowest BCUT2D eigenvalue weighted by atomic mass is 10.2. The van der Waals surface area contributed by atoms with Gasteiger partial charge in [-0.1, -0.05) is 37.2 Å². The topological polar surface area (TPSA) is 67.2 Å². The van der Waals surface area contributed by atoms with Gasteiger partial charge in [-0.15, -0.1) is 10.2 Å². The maximum atomic E-state index is 12.8. The second-order valence-corrected chi connectivity index (χ2v) is 8.59. The molecule has 1 fully saturated rings. The molecule has 0 aliphatic carbocycles. The molecule has 1 saturated heterocycles. The van der Waals surface area contributed by atoms with Crippen molar-refractivity contribution in [1.29, 1.82) is 0 Å². The van der Waals surface area contributed by atoms with E-state index in [1.807, 2.05) is 25.5 Å². The second-order valence-electron chi connectivity index (χ2n) is 7.24. The minimum atomic E-state index is -4.49. The van der Waals surface area contributed by atoms with Gasteiger partial charge in [-0.25, -0.2) is 4.98 Å². The molecule has 7 nitrogen and oxygen atoms in total. The van der Waals surface area contributed by atoms with E-state index in [2.05, 4.69) is 15.2 Å². The highest BCUT2D eigenvalue weighted by atomic mass is 35.5. The molecule has 0 atom stereocenters. The number of carbonyl (C=O) groups is 1. The summed E-state index contributed by atoms with van der Waals surface area (Å²) in [6, 6.07) is 0.879. The van der Waals surface area contributed by atoms with Gasteiger partial charge in [0.1, 0.15) is 11.6 Å². The highest BCUT2D eigenvalue weighted by Crippen LogP contribution is 2.33. The van der Waals surface area contributed by atoms with Gasteiger partial charge in [0.15, 0.2) is 5.16 Å². The number of nitrogens with zero attached hydrogens (tertiary/aromatic N) is 6. The summed E-state index contributed by atoms with van der Waals surface area (Å²) < 4.78 is 40.2. The molecule has 1 amide bonds. The summed E-state index contributed by atoms with van der Waals surface area (Å²) in [5.41, 5.74) is -0.883. The van der Waals surface area contributed by atoms with Gasteiger partial charge in [0, 0.05) is 45.3 Å². The van der Waals surface area contributed by atoms with Crippen LogP contribution < -0.4 is 4.90 Å². The Kier molecular flexibility index (Phi) is 6.81. The van der Waals surface area contributed by atoms with Crippen molar-refractivity contribution in [1.82, 2.24) is 24.6 Å².